The summed E-state index contributed by atoms with van der Waals surface area (Å²) in [5.41, 5.74) is 2.32. The van der Waals surface area contributed by atoms with Crippen LogP contribution in [0.2, 0.25) is 0 Å². The number of nitrogens with one attached hydrogen (secondary N) is 1. The van der Waals surface area contributed by atoms with Crippen molar-refractivity contribution in [2.45, 2.75) is 53.2 Å². The van der Waals surface area contributed by atoms with E-state index in [-0.39, 0.29) is 6.10 Å². The minimum absolute atomic E-state index is 0.255. The Hall–Kier alpha value is -2.16. The Bertz CT molecular complexity index is 605. The molecule has 0 aliphatic carbocycles. The van der Waals surface area contributed by atoms with Crippen molar-refractivity contribution in [2.75, 3.05) is 11.9 Å². The number of anilines is 1. The molecule has 0 unspecified atom stereocenters. The van der Waals surface area contributed by atoms with Gasteiger partial charge in [-0.05, 0) is 67.6 Å². The molecular weight excluding hydrogens is 310 g/mol. The fourth-order valence-corrected chi connectivity index (χ4v) is 2.29. The molecule has 0 bridgehead atoms. The molecule has 0 aliphatic heterocycles. The van der Waals surface area contributed by atoms with Gasteiger partial charge in [0.25, 0.3) is 0 Å². The molecule has 3 nitrogen and oxygen atoms in total. The highest BCUT2D eigenvalue weighted by Crippen LogP contribution is 2.19. The molecule has 0 saturated carbocycles. The van der Waals surface area contributed by atoms with Crippen molar-refractivity contribution in [1.82, 2.24) is 0 Å². The van der Waals surface area contributed by atoms with Crippen molar-refractivity contribution in [2.24, 2.45) is 5.92 Å². The van der Waals surface area contributed by atoms with Gasteiger partial charge < -0.3 is 14.8 Å². The summed E-state index contributed by atoms with van der Waals surface area (Å²) in [6.07, 6.45) is 2.35. The first-order valence-electron chi connectivity index (χ1n) is 9.29. The van der Waals surface area contributed by atoms with Crippen LogP contribution in [0.25, 0.3) is 0 Å². The molecule has 25 heavy (non-hydrogen) atoms. The van der Waals surface area contributed by atoms with Crippen molar-refractivity contribution in [3.05, 3.63) is 54.1 Å². The molecule has 2 rings (SSSR count). The third-order valence-corrected chi connectivity index (χ3v) is 4.15. The summed E-state index contributed by atoms with van der Waals surface area (Å²) < 4.78 is 11.6. The van der Waals surface area contributed by atoms with Gasteiger partial charge in [0.05, 0.1) is 12.7 Å². The van der Waals surface area contributed by atoms with E-state index >= 15 is 0 Å². The maximum Gasteiger partial charge on any atom is 0.119 e. The first kappa shape index (κ1) is 19.2. The number of hydrogen-bond acceptors (Lipinski definition) is 3. The lowest BCUT2D eigenvalue weighted by Gasteiger charge is -2.13. The Morgan fingerprint density at radius 2 is 1.52 bits per heavy atom. The molecule has 136 valence electrons. The van der Waals surface area contributed by atoms with Gasteiger partial charge in [0.2, 0.25) is 0 Å². The van der Waals surface area contributed by atoms with Crippen LogP contribution in [0.5, 0.6) is 11.5 Å². The zero-order valence-corrected chi connectivity index (χ0v) is 15.9. The summed E-state index contributed by atoms with van der Waals surface area (Å²) in [5, 5.41) is 3.44. The van der Waals surface area contributed by atoms with Crippen molar-refractivity contribution < 1.29 is 9.47 Å². The Morgan fingerprint density at radius 1 is 0.880 bits per heavy atom. The average molecular weight is 341 g/mol. The summed E-state index contributed by atoms with van der Waals surface area (Å²) in [6, 6.07) is 16.4. The Balaban J connectivity index is 1.78. The molecular formula is C22H31NO2. The molecule has 0 aliphatic rings. The van der Waals surface area contributed by atoms with Crippen molar-refractivity contribution in [1.29, 1.82) is 0 Å². The predicted molar refractivity (Wildman–Crippen MR) is 106 cm³/mol. The summed E-state index contributed by atoms with van der Waals surface area (Å²) in [4.78, 5) is 0. The van der Waals surface area contributed by atoms with E-state index in [9.17, 15) is 0 Å². The zero-order valence-electron chi connectivity index (χ0n) is 15.9. The number of rotatable bonds is 10. The molecule has 3 heteroatoms. The van der Waals surface area contributed by atoms with Crippen LogP contribution in [0.3, 0.4) is 0 Å². The van der Waals surface area contributed by atoms with Crippen LogP contribution in [0.4, 0.5) is 5.69 Å². The van der Waals surface area contributed by atoms with Crippen LogP contribution in [0.1, 0.15) is 46.1 Å². The van der Waals surface area contributed by atoms with Crippen molar-refractivity contribution in [3.8, 4) is 11.5 Å². The second-order valence-electron chi connectivity index (χ2n) is 6.89. The van der Waals surface area contributed by atoms with Crippen molar-refractivity contribution >= 4 is 5.69 Å². The van der Waals surface area contributed by atoms with Gasteiger partial charge in [0, 0.05) is 12.2 Å². The predicted octanol–water partition coefficient (Wildman–Crippen LogP) is 5.90. The van der Waals surface area contributed by atoms with E-state index in [4.69, 9.17) is 9.47 Å². The summed E-state index contributed by atoms with van der Waals surface area (Å²) in [7, 11) is 0. The van der Waals surface area contributed by atoms with Crippen LogP contribution in [-0.2, 0) is 6.54 Å². The van der Waals surface area contributed by atoms with E-state index < -0.39 is 0 Å². The Labute approximate surface area is 152 Å². The van der Waals surface area contributed by atoms with Gasteiger partial charge in [-0.1, -0.05) is 32.9 Å². The zero-order chi connectivity index (χ0) is 18.1. The highest BCUT2D eigenvalue weighted by atomic mass is 16.5. The molecule has 0 spiro atoms. The monoisotopic (exact) mass is 341 g/mol. The van der Waals surface area contributed by atoms with Gasteiger partial charge >= 0.3 is 0 Å². The molecule has 0 radical (unpaired) electrons. The lowest BCUT2D eigenvalue weighted by atomic mass is 10.1. The standard InChI is InChI=1S/C22H31NO2/c1-5-18(4)25-22-10-6-19(7-11-22)16-23-20-8-12-21(13-9-20)24-15-14-17(2)3/h6-13,17-18,23H,5,14-16H2,1-4H3/t18-/m0/s1. The van der Waals surface area contributed by atoms with E-state index in [1.54, 1.807) is 0 Å². The average Bonchev–Trinajstić information content (AvgIpc) is 2.62. The maximum absolute atomic E-state index is 5.81. The first-order valence-corrected chi connectivity index (χ1v) is 9.29. The second-order valence-corrected chi connectivity index (χ2v) is 6.89. The topological polar surface area (TPSA) is 30.5 Å². The lowest BCUT2D eigenvalue weighted by Crippen LogP contribution is -2.09. The molecule has 0 heterocycles. The van der Waals surface area contributed by atoms with Crippen LogP contribution in [0.15, 0.2) is 48.5 Å². The number of ether oxygens (including phenoxy) is 2. The van der Waals surface area contributed by atoms with Gasteiger partial charge in [-0.15, -0.1) is 0 Å². The van der Waals surface area contributed by atoms with Gasteiger partial charge in [-0.2, -0.15) is 0 Å². The molecule has 0 aromatic heterocycles. The molecule has 1 N–H and O–H groups in total. The summed E-state index contributed by atoms with van der Waals surface area (Å²) in [6.45, 7) is 10.2. The van der Waals surface area contributed by atoms with E-state index in [1.165, 1.54) is 5.56 Å². The Morgan fingerprint density at radius 3 is 2.12 bits per heavy atom. The fourth-order valence-electron chi connectivity index (χ4n) is 2.29. The first-order chi connectivity index (χ1) is 12.1. The number of benzene rings is 2. The van der Waals surface area contributed by atoms with Crippen LogP contribution >= 0.6 is 0 Å². The van der Waals surface area contributed by atoms with Crippen molar-refractivity contribution in [3.63, 3.8) is 0 Å². The van der Waals surface area contributed by atoms with E-state index in [1.807, 2.05) is 24.3 Å². The van der Waals surface area contributed by atoms with Gasteiger partial charge in [0.15, 0.2) is 0 Å². The van der Waals surface area contributed by atoms with Gasteiger partial charge in [-0.25, -0.2) is 0 Å². The molecule has 0 saturated heterocycles. The molecule has 1 atom stereocenters. The summed E-state index contributed by atoms with van der Waals surface area (Å²) >= 11 is 0. The van der Waals surface area contributed by atoms with E-state index in [2.05, 4.69) is 57.3 Å². The van der Waals surface area contributed by atoms with Crippen LogP contribution < -0.4 is 14.8 Å². The third-order valence-electron chi connectivity index (χ3n) is 4.15. The minimum Gasteiger partial charge on any atom is -0.494 e. The minimum atomic E-state index is 0.255. The maximum atomic E-state index is 5.81. The largest absolute Gasteiger partial charge is 0.494 e. The van der Waals surface area contributed by atoms with Crippen LogP contribution in [0, 0.1) is 5.92 Å². The SMILES string of the molecule is CC[C@H](C)Oc1ccc(CNc2ccc(OCCC(C)C)cc2)cc1. The second kappa shape index (κ2) is 9.97. The highest BCUT2D eigenvalue weighted by molar-refractivity contribution is 5.47. The fraction of sp³-hybridized carbons (Fsp3) is 0.455. The lowest BCUT2D eigenvalue weighted by molar-refractivity contribution is 0.217. The van der Waals surface area contributed by atoms with Gasteiger partial charge in [0.1, 0.15) is 11.5 Å². The quantitative estimate of drug-likeness (QED) is 0.583. The third kappa shape index (κ3) is 7.08. The normalized spacial score (nSPS) is 12.0. The van der Waals surface area contributed by atoms with E-state index in [0.29, 0.717) is 5.92 Å². The summed E-state index contributed by atoms with van der Waals surface area (Å²) in [5.74, 6) is 2.53. The smallest absolute Gasteiger partial charge is 0.119 e. The van der Waals surface area contributed by atoms with Crippen LogP contribution in [-0.4, -0.2) is 12.7 Å². The highest BCUT2D eigenvalue weighted by Gasteiger charge is 2.02. The van der Waals surface area contributed by atoms with Gasteiger partial charge in [-0.3, -0.25) is 0 Å². The van der Waals surface area contributed by atoms with E-state index in [0.717, 1.165) is 43.2 Å². The molecule has 0 fully saturated rings. The molecule has 2 aromatic carbocycles. The Kier molecular flexibility index (Phi) is 7.65. The number of hydrogen-bond donors (Lipinski definition) is 1. The molecule has 0 amide bonds. The molecule has 2 aromatic rings.